The van der Waals surface area contributed by atoms with Gasteiger partial charge in [-0.1, -0.05) is 19.9 Å². The number of carbonyl (C=O) groups excluding carboxylic acids is 2. The molecule has 1 heterocycles. The van der Waals surface area contributed by atoms with Crippen LogP contribution in [0.2, 0.25) is 0 Å². The van der Waals surface area contributed by atoms with E-state index in [2.05, 4.69) is 10.6 Å². The molecule has 0 unspecified atom stereocenters. The van der Waals surface area contributed by atoms with Crippen molar-refractivity contribution >= 4 is 17.6 Å². The molecule has 0 spiro atoms. The average Bonchev–Trinajstić information content (AvgIpc) is 3.03. The maximum absolute atomic E-state index is 13.3. The number of carbonyl (C=O) groups is 2. The summed E-state index contributed by atoms with van der Waals surface area (Å²) in [5.41, 5.74) is 2.95. The van der Waals surface area contributed by atoms with Crippen molar-refractivity contribution in [2.75, 3.05) is 11.9 Å². The van der Waals surface area contributed by atoms with Gasteiger partial charge in [0.15, 0.2) is 0 Å². The van der Waals surface area contributed by atoms with Crippen molar-refractivity contribution in [2.24, 2.45) is 5.92 Å². The van der Waals surface area contributed by atoms with E-state index in [1.165, 1.54) is 12.1 Å². The van der Waals surface area contributed by atoms with Crippen LogP contribution in [-0.4, -0.2) is 23.4 Å². The highest BCUT2D eigenvalue weighted by Crippen LogP contribution is 2.24. The Kier molecular flexibility index (Phi) is 5.21. The monoisotopic (exact) mass is 355 g/mol. The molecule has 2 aromatic rings. The van der Waals surface area contributed by atoms with E-state index in [0.29, 0.717) is 36.8 Å². The molecule has 0 saturated heterocycles. The van der Waals surface area contributed by atoms with Crippen LogP contribution in [0.25, 0.3) is 0 Å². The summed E-state index contributed by atoms with van der Waals surface area (Å²) in [4.78, 5) is 26.0. The van der Waals surface area contributed by atoms with Crippen LogP contribution >= 0.6 is 0 Å². The molecule has 136 valence electrons. The summed E-state index contributed by atoms with van der Waals surface area (Å²) in [6.07, 6.45) is 0. The quantitative estimate of drug-likeness (QED) is 0.877. The largest absolute Gasteiger partial charge is 0.352 e. The molecule has 3 amide bonds. The number of anilines is 1. The van der Waals surface area contributed by atoms with Crippen LogP contribution < -0.4 is 10.6 Å². The van der Waals surface area contributed by atoms with E-state index < -0.39 is 0 Å². The molecular formula is C20H22FN3O2. The van der Waals surface area contributed by atoms with Crippen LogP contribution in [0.3, 0.4) is 0 Å². The number of urea groups is 1. The SMILES string of the molecule is CC(C)CNC(=O)c1ccc(NC(=O)N2Cc3ccc(F)cc3C2)cc1. The maximum Gasteiger partial charge on any atom is 0.322 e. The zero-order valence-electron chi connectivity index (χ0n) is 14.9. The van der Waals surface area contributed by atoms with Gasteiger partial charge in [-0.25, -0.2) is 9.18 Å². The van der Waals surface area contributed by atoms with E-state index in [4.69, 9.17) is 0 Å². The molecule has 2 aromatic carbocycles. The summed E-state index contributed by atoms with van der Waals surface area (Å²) >= 11 is 0. The number of nitrogens with one attached hydrogen (secondary N) is 2. The molecule has 0 fully saturated rings. The van der Waals surface area contributed by atoms with E-state index in [9.17, 15) is 14.0 Å². The predicted molar refractivity (Wildman–Crippen MR) is 98.3 cm³/mol. The lowest BCUT2D eigenvalue weighted by Crippen LogP contribution is -2.30. The van der Waals surface area contributed by atoms with Crippen LogP contribution in [0.5, 0.6) is 0 Å². The number of hydrogen-bond acceptors (Lipinski definition) is 2. The van der Waals surface area contributed by atoms with E-state index in [0.717, 1.165) is 11.1 Å². The van der Waals surface area contributed by atoms with E-state index in [1.807, 2.05) is 13.8 Å². The fourth-order valence-electron chi connectivity index (χ4n) is 2.81. The summed E-state index contributed by atoms with van der Waals surface area (Å²) in [5, 5.41) is 5.66. The Morgan fingerprint density at radius 1 is 1.08 bits per heavy atom. The van der Waals surface area contributed by atoms with E-state index >= 15 is 0 Å². The first-order valence-corrected chi connectivity index (χ1v) is 8.64. The number of hydrogen-bond donors (Lipinski definition) is 2. The minimum absolute atomic E-state index is 0.131. The van der Waals surface area contributed by atoms with Gasteiger partial charge in [-0.2, -0.15) is 0 Å². The highest BCUT2D eigenvalue weighted by molar-refractivity contribution is 5.95. The van der Waals surface area contributed by atoms with Crippen LogP contribution in [0.15, 0.2) is 42.5 Å². The van der Waals surface area contributed by atoms with Gasteiger partial charge in [0.2, 0.25) is 0 Å². The third-order valence-electron chi connectivity index (χ3n) is 4.25. The molecule has 0 bridgehead atoms. The topological polar surface area (TPSA) is 61.4 Å². The smallest absolute Gasteiger partial charge is 0.322 e. The molecule has 0 aliphatic carbocycles. The Hall–Kier alpha value is -2.89. The second kappa shape index (κ2) is 7.56. The van der Waals surface area contributed by atoms with Crippen LogP contribution in [-0.2, 0) is 13.1 Å². The van der Waals surface area contributed by atoms with Crippen molar-refractivity contribution in [2.45, 2.75) is 26.9 Å². The summed E-state index contributed by atoms with van der Waals surface area (Å²) < 4.78 is 13.3. The van der Waals surface area contributed by atoms with E-state index in [1.54, 1.807) is 35.2 Å². The Labute approximate surface area is 152 Å². The standard InChI is InChI=1S/C20H22FN3O2/c1-13(2)10-22-19(25)14-4-7-18(8-5-14)23-20(26)24-11-15-3-6-17(21)9-16(15)12-24/h3-9,13H,10-12H2,1-2H3,(H,22,25)(H,23,26). The van der Waals surface area contributed by atoms with Crippen molar-refractivity contribution in [3.8, 4) is 0 Å². The number of rotatable bonds is 4. The lowest BCUT2D eigenvalue weighted by Gasteiger charge is -2.16. The molecular weight excluding hydrogens is 333 g/mol. The Balaban J connectivity index is 1.58. The summed E-state index contributed by atoms with van der Waals surface area (Å²) in [7, 11) is 0. The Morgan fingerprint density at radius 2 is 1.77 bits per heavy atom. The van der Waals surface area contributed by atoms with Crippen molar-refractivity contribution in [3.63, 3.8) is 0 Å². The molecule has 0 saturated carbocycles. The highest BCUT2D eigenvalue weighted by Gasteiger charge is 2.23. The van der Waals surface area contributed by atoms with Crippen molar-refractivity contribution in [3.05, 3.63) is 65.0 Å². The lowest BCUT2D eigenvalue weighted by molar-refractivity contribution is 0.0949. The maximum atomic E-state index is 13.3. The number of nitrogens with zero attached hydrogens (tertiary/aromatic N) is 1. The lowest BCUT2D eigenvalue weighted by atomic mass is 10.1. The molecule has 0 aromatic heterocycles. The summed E-state index contributed by atoms with van der Waals surface area (Å²) in [5.74, 6) is -0.0403. The predicted octanol–water partition coefficient (Wildman–Crippen LogP) is 3.76. The second-order valence-electron chi connectivity index (χ2n) is 6.88. The van der Waals surface area contributed by atoms with Gasteiger partial charge in [0.05, 0.1) is 0 Å². The number of fused-ring (bicyclic) bond motifs is 1. The molecule has 0 radical (unpaired) electrons. The molecule has 6 heteroatoms. The van der Waals surface area contributed by atoms with Crippen LogP contribution in [0.4, 0.5) is 14.9 Å². The first-order chi connectivity index (χ1) is 12.4. The van der Waals surface area contributed by atoms with Gasteiger partial charge in [-0.15, -0.1) is 0 Å². The zero-order chi connectivity index (χ0) is 18.7. The number of halogens is 1. The molecule has 26 heavy (non-hydrogen) atoms. The van der Waals surface area contributed by atoms with Crippen LogP contribution in [0, 0.1) is 11.7 Å². The highest BCUT2D eigenvalue weighted by atomic mass is 19.1. The first kappa shape index (κ1) is 17.9. The fraction of sp³-hybridized carbons (Fsp3) is 0.300. The van der Waals surface area contributed by atoms with Crippen molar-refractivity contribution in [1.82, 2.24) is 10.2 Å². The molecule has 1 aliphatic heterocycles. The molecule has 0 atom stereocenters. The van der Waals surface area contributed by atoms with Gasteiger partial charge >= 0.3 is 6.03 Å². The molecule has 1 aliphatic rings. The van der Waals surface area contributed by atoms with Crippen LogP contribution in [0.1, 0.15) is 35.3 Å². The van der Waals surface area contributed by atoms with Gasteiger partial charge in [0.25, 0.3) is 5.91 Å². The van der Waals surface area contributed by atoms with Gasteiger partial charge in [-0.05, 0) is 53.4 Å². The molecule has 5 nitrogen and oxygen atoms in total. The molecule has 3 rings (SSSR count). The van der Waals surface area contributed by atoms with Gasteiger partial charge in [0, 0.05) is 30.9 Å². The van der Waals surface area contributed by atoms with Gasteiger partial charge in [-0.3, -0.25) is 4.79 Å². The minimum atomic E-state index is -0.294. The first-order valence-electron chi connectivity index (χ1n) is 8.64. The van der Waals surface area contributed by atoms with Gasteiger partial charge in [0.1, 0.15) is 5.82 Å². The molecule has 2 N–H and O–H groups in total. The summed E-state index contributed by atoms with van der Waals surface area (Å²) in [6.45, 7) is 5.52. The summed E-state index contributed by atoms with van der Waals surface area (Å²) in [6, 6.07) is 11.1. The third-order valence-corrected chi connectivity index (χ3v) is 4.25. The normalized spacial score (nSPS) is 12.8. The number of benzene rings is 2. The second-order valence-corrected chi connectivity index (χ2v) is 6.88. The average molecular weight is 355 g/mol. The fourth-order valence-corrected chi connectivity index (χ4v) is 2.81. The van der Waals surface area contributed by atoms with Crippen molar-refractivity contribution < 1.29 is 14.0 Å². The third kappa shape index (κ3) is 4.20. The minimum Gasteiger partial charge on any atom is -0.352 e. The Morgan fingerprint density at radius 3 is 2.46 bits per heavy atom. The van der Waals surface area contributed by atoms with E-state index in [-0.39, 0.29) is 17.8 Å². The zero-order valence-corrected chi connectivity index (χ0v) is 14.9. The van der Waals surface area contributed by atoms with Crippen molar-refractivity contribution in [1.29, 1.82) is 0 Å². The Bertz CT molecular complexity index is 818. The number of amides is 3. The van der Waals surface area contributed by atoms with Gasteiger partial charge < -0.3 is 15.5 Å².